The van der Waals surface area contributed by atoms with E-state index in [1.165, 1.54) is 0 Å². The number of rotatable bonds is 5. The Bertz CT molecular complexity index is 321. The molecule has 1 fully saturated rings. The standard InChI is InChI=1S/C13H23N3O/c1-10(11(17)16-12(2,3)4)15-9-13(5-6-13)7-8-14/h10,15H,5-7,9H2,1-4H3,(H,16,17). The van der Waals surface area contributed by atoms with Crippen LogP contribution in [0.25, 0.3) is 0 Å². The molecule has 1 aliphatic carbocycles. The first-order valence-corrected chi connectivity index (χ1v) is 6.20. The van der Waals surface area contributed by atoms with Gasteiger partial charge < -0.3 is 10.6 Å². The molecule has 0 radical (unpaired) electrons. The summed E-state index contributed by atoms with van der Waals surface area (Å²) in [4.78, 5) is 11.8. The lowest BCUT2D eigenvalue weighted by molar-refractivity contribution is -0.124. The van der Waals surface area contributed by atoms with Crippen LogP contribution in [-0.4, -0.2) is 24.0 Å². The van der Waals surface area contributed by atoms with Crippen LogP contribution in [0.2, 0.25) is 0 Å². The van der Waals surface area contributed by atoms with Crippen LogP contribution in [0.5, 0.6) is 0 Å². The van der Waals surface area contributed by atoms with E-state index in [0.717, 1.165) is 19.4 Å². The van der Waals surface area contributed by atoms with E-state index in [1.807, 2.05) is 27.7 Å². The molecule has 0 spiro atoms. The molecule has 96 valence electrons. The van der Waals surface area contributed by atoms with Gasteiger partial charge in [0, 0.05) is 18.5 Å². The Morgan fingerprint density at radius 2 is 2.06 bits per heavy atom. The highest BCUT2D eigenvalue weighted by atomic mass is 16.2. The van der Waals surface area contributed by atoms with Crippen molar-refractivity contribution in [2.24, 2.45) is 5.41 Å². The van der Waals surface area contributed by atoms with Gasteiger partial charge in [-0.1, -0.05) is 0 Å². The van der Waals surface area contributed by atoms with Crippen molar-refractivity contribution in [1.82, 2.24) is 10.6 Å². The summed E-state index contributed by atoms with van der Waals surface area (Å²) in [6, 6.07) is 2.02. The Morgan fingerprint density at radius 1 is 1.47 bits per heavy atom. The van der Waals surface area contributed by atoms with Gasteiger partial charge >= 0.3 is 0 Å². The van der Waals surface area contributed by atoms with E-state index in [9.17, 15) is 4.79 Å². The first-order valence-electron chi connectivity index (χ1n) is 6.20. The molecular formula is C13H23N3O. The second-order valence-corrected chi connectivity index (χ2v) is 6.18. The van der Waals surface area contributed by atoms with Gasteiger partial charge in [-0.3, -0.25) is 4.79 Å². The van der Waals surface area contributed by atoms with Crippen LogP contribution in [-0.2, 0) is 4.79 Å². The molecule has 4 nitrogen and oxygen atoms in total. The number of nitriles is 1. The molecule has 0 bridgehead atoms. The van der Waals surface area contributed by atoms with Crippen molar-refractivity contribution in [1.29, 1.82) is 5.26 Å². The average molecular weight is 237 g/mol. The lowest BCUT2D eigenvalue weighted by Crippen LogP contribution is -2.50. The molecular weight excluding hydrogens is 214 g/mol. The molecule has 0 aromatic rings. The highest BCUT2D eigenvalue weighted by molar-refractivity contribution is 5.81. The molecule has 0 aliphatic heterocycles. The van der Waals surface area contributed by atoms with Crippen molar-refractivity contribution in [2.45, 2.75) is 58.5 Å². The van der Waals surface area contributed by atoms with Gasteiger partial charge in [-0.2, -0.15) is 5.26 Å². The van der Waals surface area contributed by atoms with Crippen LogP contribution in [0.15, 0.2) is 0 Å². The van der Waals surface area contributed by atoms with Gasteiger partial charge in [0.1, 0.15) is 0 Å². The van der Waals surface area contributed by atoms with Gasteiger partial charge in [0.15, 0.2) is 0 Å². The van der Waals surface area contributed by atoms with Crippen LogP contribution >= 0.6 is 0 Å². The molecule has 4 heteroatoms. The van der Waals surface area contributed by atoms with Crippen LogP contribution in [0, 0.1) is 16.7 Å². The number of carbonyl (C=O) groups is 1. The predicted octanol–water partition coefficient (Wildman–Crippen LogP) is 1.57. The minimum atomic E-state index is -0.203. The van der Waals surface area contributed by atoms with Gasteiger partial charge in [-0.25, -0.2) is 0 Å². The van der Waals surface area contributed by atoms with E-state index in [-0.39, 0.29) is 22.9 Å². The van der Waals surface area contributed by atoms with Crippen LogP contribution in [0.4, 0.5) is 0 Å². The zero-order valence-electron chi connectivity index (χ0n) is 11.3. The molecule has 17 heavy (non-hydrogen) atoms. The Balaban J connectivity index is 2.33. The summed E-state index contributed by atoms with van der Waals surface area (Å²) in [5.41, 5.74) is -0.0536. The molecule has 1 aliphatic rings. The van der Waals surface area contributed by atoms with E-state index in [1.54, 1.807) is 0 Å². The predicted molar refractivity (Wildman–Crippen MR) is 67.3 cm³/mol. The fourth-order valence-electron chi connectivity index (χ4n) is 1.70. The van der Waals surface area contributed by atoms with Crippen LogP contribution < -0.4 is 10.6 Å². The summed E-state index contributed by atoms with van der Waals surface area (Å²) in [6.07, 6.45) is 2.79. The fraction of sp³-hybridized carbons (Fsp3) is 0.846. The van der Waals surface area contributed by atoms with Crippen molar-refractivity contribution in [3.05, 3.63) is 0 Å². The minimum Gasteiger partial charge on any atom is -0.350 e. The number of nitrogens with one attached hydrogen (secondary N) is 2. The summed E-state index contributed by atoms with van der Waals surface area (Å²) in [5.74, 6) is 0.0188. The lowest BCUT2D eigenvalue weighted by Gasteiger charge is -2.24. The Kier molecular flexibility index (Phi) is 4.16. The van der Waals surface area contributed by atoms with Gasteiger partial charge in [-0.05, 0) is 46.0 Å². The first kappa shape index (κ1) is 14.0. The summed E-state index contributed by atoms with van der Waals surface area (Å²) in [5, 5.41) is 14.9. The third-order valence-corrected chi connectivity index (χ3v) is 3.09. The summed E-state index contributed by atoms with van der Waals surface area (Å²) in [7, 11) is 0. The SMILES string of the molecule is CC(NCC1(CC#N)CC1)C(=O)NC(C)(C)C. The molecule has 0 aromatic heterocycles. The molecule has 0 heterocycles. The van der Waals surface area contributed by atoms with E-state index in [0.29, 0.717) is 6.42 Å². The van der Waals surface area contributed by atoms with Crippen molar-refractivity contribution < 1.29 is 4.79 Å². The molecule has 1 saturated carbocycles. The number of amides is 1. The van der Waals surface area contributed by atoms with Gasteiger partial charge in [0.05, 0.1) is 12.1 Å². The Hall–Kier alpha value is -1.08. The molecule has 0 aromatic carbocycles. The van der Waals surface area contributed by atoms with Gasteiger partial charge in [0.25, 0.3) is 0 Å². The smallest absolute Gasteiger partial charge is 0.237 e. The first-order chi connectivity index (χ1) is 7.78. The Labute approximate surface area is 104 Å². The number of hydrogen-bond acceptors (Lipinski definition) is 3. The van der Waals surface area contributed by atoms with E-state index < -0.39 is 0 Å². The summed E-state index contributed by atoms with van der Waals surface area (Å²) in [6.45, 7) is 8.53. The molecule has 1 rings (SSSR count). The summed E-state index contributed by atoms with van der Waals surface area (Å²) < 4.78 is 0. The largest absolute Gasteiger partial charge is 0.350 e. The average Bonchev–Trinajstić information content (AvgIpc) is 2.93. The maximum Gasteiger partial charge on any atom is 0.237 e. The highest BCUT2D eigenvalue weighted by Gasteiger charge is 2.42. The second-order valence-electron chi connectivity index (χ2n) is 6.18. The van der Waals surface area contributed by atoms with Crippen molar-refractivity contribution in [2.75, 3.05) is 6.54 Å². The van der Waals surface area contributed by atoms with E-state index >= 15 is 0 Å². The van der Waals surface area contributed by atoms with E-state index in [4.69, 9.17) is 5.26 Å². The van der Waals surface area contributed by atoms with Crippen molar-refractivity contribution in [3.63, 3.8) is 0 Å². The van der Waals surface area contributed by atoms with Crippen LogP contribution in [0.3, 0.4) is 0 Å². The molecule has 0 saturated heterocycles. The lowest BCUT2D eigenvalue weighted by atomic mass is 10.0. The van der Waals surface area contributed by atoms with Gasteiger partial charge in [-0.15, -0.1) is 0 Å². The normalized spacial score (nSPS) is 19.2. The van der Waals surface area contributed by atoms with Gasteiger partial charge in [0.2, 0.25) is 5.91 Å². The fourth-order valence-corrected chi connectivity index (χ4v) is 1.70. The molecule has 1 atom stereocenters. The summed E-state index contributed by atoms with van der Waals surface area (Å²) >= 11 is 0. The maximum absolute atomic E-state index is 11.8. The zero-order valence-corrected chi connectivity index (χ0v) is 11.3. The van der Waals surface area contributed by atoms with Crippen molar-refractivity contribution >= 4 is 5.91 Å². The maximum atomic E-state index is 11.8. The minimum absolute atomic E-state index is 0.0188. The number of carbonyl (C=O) groups excluding carboxylic acids is 1. The zero-order chi connectivity index (χ0) is 13.1. The number of hydrogen-bond donors (Lipinski definition) is 2. The highest BCUT2D eigenvalue weighted by Crippen LogP contribution is 2.47. The topological polar surface area (TPSA) is 64.9 Å². The third kappa shape index (κ3) is 4.74. The third-order valence-electron chi connectivity index (χ3n) is 3.09. The Morgan fingerprint density at radius 3 is 2.47 bits per heavy atom. The van der Waals surface area contributed by atoms with Crippen molar-refractivity contribution in [3.8, 4) is 6.07 Å². The molecule has 2 N–H and O–H groups in total. The second kappa shape index (κ2) is 5.05. The monoisotopic (exact) mass is 237 g/mol. The quantitative estimate of drug-likeness (QED) is 0.763. The molecule has 1 amide bonds. The number of nitrogens with zero attached hydrogens (tertiary/aromatic N) is 1. The van der Waals surface area contributed by atoms with E-state index in [2.05, 4.69) is 16.7 Å². The van der Waals surface area contributed by atoms with Crippen LogP contribution in [0.1, 0.15) is 47.0 Å². The molecule has 1 unspecified atom stereocenters.